The van der Waals surface area contributed by atoms with Crippen LogP contribution in [0.2, 0.25) is 0 Å². The second-order valence-electron chi connectivity index (χ2n) is 2.64. The molecule has 0 saturated carbocycles. The number of aromatic hydroxyl groups is 1. The molecule has 0 amide bonds. The maximum atomic E-state index is 10.5. The number of aliphatic carboxylic acids is 1. The van der Waals surface area contributed by atoms with Crippen LogP contribution in [0.1, 0.15) is 11.7 Å². The summed E-state index contributed by atoms with van der Waals surface area (Å²) in [6.45, 7) is 0. The Bertz CT molecular complexity index is 347. The van der Waals surface area contributed by atoms with Crippen LogP contribution >= 0.6 is 0 Å². The van der Waals surface area contributed by atoms with Gasteiger partial charge < -0.3 is 20.1 Å². The molecule has 5 nitrogen and oxygen atoms in total. The van der Waals surface area contributed by atoms with Crippen LogP contribution in [0.15, 0.2) is 18.2 Å². The van der Waals surface area contributed by atoms with Gasteiger partial charge in [0.1, 0.15) is 0 Å². The Hall–Kier alpha value is -1.75. The highest BCUT2D eigenvalue weighted by Gasteiger charge is 2.21. The van der Waals surface area contributed by atoms with Crippen molar-refractivity contribution in [3.05, 3.63) is 23.8 Å². The normalized spacial score (nSPS) is 12.1. The first-order valence-electron chi connectivity index (χ1n) is 3.84. The van der Waals surface area contributed by atoms with Crippen molar-refractivity contribution < 1.29 is 24.9 Å². The first-order chi connectivity index (χ1) is 6.57. The van der Waals surface area contributed by atoms with Crippen molar-refractivity contribution in [2.45, 2.75) is 6.10 Å². The van der Waals surface area contributed by atoms with Gasteiger partial charge in [-0.3, -0.25) is 0 Å². The molecule has 14 heavy (non-hydrogen) atoms. The summed E-state index contributed by atoms with van der Waals surface area (Å²) >= 11 is 0. The van der Waals surface area contributed by atoms with Crippen LogP contribution in [-0.2, 0) is 4.79 Å². The molecule has 1 aromatic rings. The average Bonchev–Trinajstić information content (AvgIpc) is 2.16. The van der Waals surface area contributed by atoms with E-state index >= 15 is 0 Å². The fourth-order valence-corrected chi connectivity index (χ4v) is 1.11. The van der Waals surface area contributed by atoms with Crippen molar-refractivity contribution in [3.63, 3.8) is 0 Å². The topological polar surface area (TPSA) is 87.0 Å². The number of para-hydroxylation sites is 1. The Kier molecular flexibility index (Phi) is 2.93. The van der Waals surface area contributed by atoms with Crippen molar-refractivity contribution in [1.82, 2.24) is 0 Å². The van der Waals surface area contributed by atoms with E-state index in [-0.39, 0.29) is 17.1 Å². The number of carbonyl (C=O) groups is 1. The zero-order valence-electron chi connectivity index (χ0n) is 7.47. The summed E-state index contributed by atoms with van der Waals surface area (Å²) in [4.78, 5) is 10.5. The van der Waals surface area contributed by atoms with E-state index in [4.69, 9.17) is 9.84 Å². The zero-order valence-corrected chi connectivity index (χ0v) is 7.47. The van der Waals surface area contributed by atoms with Crippen LogP contribution in [0.3, 0.4) is 0 Å². The maximum absolute atomic E-state index is 10.5. The lowest BCUT2D eigenvalue weighted by molar-refractivity contribution is -0.147. The fraction of sp³-hybridized carbons (Fsp3) is 0.222. The number of aliphatic hydroxyl groups excluding tert-OH is 1. The van der Waals surface area contributed by atoms with Gasteiger partial charge in [-0.1, -0.05) is 12.1 Å². The van der Waals surface area contributed by atoms with Crippen molar-refractivity contribution in [3.8, 4) is 11.5 Å². The van der Waals surface area contributed by atoms with E-state index in [2.05, 4.69) is 0 Å². The molecule has 0 saturated heterocycles. The molecule has 1 rings (SSSR count). The summed E-state index contributed by atoms with van der Waals surface area (Å²) < 4.78 is 4.77. The molecular formula is C9H10O5. The van der Waals surface area contributed by atoms with E-state index < -0.39 is 12.1 Å². The predicted molar refractivity (Wildman–Crippen MR) is 47.3 cm³/mol. The Morgan fingerprint density at radius 2 is 2.14 bits per heavy atom. The Labute approximate surface area is 80.2 Å². The Balaban J connectivity index is 3.20. The highest BCUT2D eigenvalue weighted by molar-refractivity contribution is 5.75. The molecule has 0 bridgehead atoms. The van der Waals surface area contributed by atoms with Gasteiger partial charge >= 0.3 is 5.97 Å². The summed E-state index contributed by atoms with van der Waals surface area (Å²) in [6, 6.07) is 4.15. The summed E-state index contributed by atoms with van der Waals surface area (Å²) in [5, 5.41) is 27.1. The highest BCUT2D eigenvalue weighted by atomic mass is 16.5. The lowest BCUT2D eigenvalue weighted by Gasteiger charge is -2.11. The van der Waals surface area contributed by atoms with E-state index in [1.165, 1.54) is 25.3 Å². The lowest BCUT2D eigenvalue weighted by atomic mass is 10.1. The monoisotopic (exact) mass is 198 g/mol. The number of phenols is 1. The molecule has 0 aliphatic rings. The molecule has 0 heterocycles. The summed E-state index contributed by atoms with van der Waals surface area (Å²) in [5.41, 5.74) is 0.0278. The number of rotatable bonds is 3. The minimum atomic E-state index is -1.70. The molecule has 1 atom stereocenters. The lowest BCUT2D eigenvalue weighted by Crippen LogP contribution is -2.11. The summed E-state index contributed by atoms with van der Waals surface area (Å²) in [5.74, 6) is -1.62. The number of hydrogen-bond acceptors (Lipinski definition) is 4. The SMILES string of the molecule is COc1c(O)cccc1C(O)C(=O)O. The van der Waals surface area contributed by atoms with E-state index in [0.717, 1.165) is 0 Å². The van der Waals surface area contributed by atoms with Crippen molar-refractivity contribution >= 4 is 5.97 Å². The Morgan fingerprint density at radius 1 is 1.50 bits per heavy atom. The molecule has 0 radical (unpaired) electrons. The molecular weight excluding hydrogens is 188 g/mol. The standard InChI is InChI=1S/C9H10O5/c1-14-8-5(7(11)9(12)13)3-2-4-6(8)10/h2-4,7,10-11H,1H3,(H,12,13). The minimum absolute atomic E-state index is 0.0256. The van der Waals surface area contributed by atoms with Gasteiger partial charge in [0.2, 0.25) is 0 Å². The predicted octanol–water partition coefficient (Wildman–Crippen LogP) is 0.519. The van der Waals surface area contributed by atoms with Crippen molar-refractivity contribution in [2.24, 2.45) is 0 Å². The van der Waals surface area contributed by atoms with Gasteiger partial charge in [0.05, 0.1) is 7.11 Å². The number of ether oxygens (including phenoxy) is 1. The zero-order chi connectivity index (χ0) is 10.7. The molecule has 5 heteroatoms. The maximum Gasteiger partial charge on any atom is 0.337 e. The van der Waals surface area contributed by atoms with Crippen molar-refractivity contribution in [1.29, 1.82) is 0 Å². The molecule has 0 aliphatic carbocycles. The number of carboxylic acids is 1. The van der Waals surface area contributed by atoms with Gasteiger partial charge in [0.25, 0.3) is 0 Å². The van der Waals surface area contributed by atoms with Gasteiger partial charge in [0.15, 0.2) is 17.6 Å². The third kappa shape index (κ3) is 1.77. The molecule has 0 aromatic heterocycles. The van der Waals surface area contributed by atoms with Crippen LogP contribution in [0, 0.1) is 0 Å². The van der Waals surface area contributed by atoms with Crippen LogP contribution in [-0.4, -0.2) is 28.4 Å². The number of carboxylic acid groups (broad SMARTS) is 1. The summed E-state index contributed by atoms with van der Waals surface area (Å²) in [7, 11) is 1.28. The third-order valence-corrected chi connectivity index (χ3v) is 1.76. The molecule has 0 fully saturated rings. The molecule has 1 unspecified atom stereocenters. The smallest absolute Gasteiger partial charge is 0.337 e. The number of phenolic OH excluding ortho intramolecular Hbond substituents is 1. The molecule has 1 aromatic carbocycles. The van der Waals surface area contributed by atoms with E-state index in [9.17, 15) is 15.0 Å². The number of benzene rings is 1. The van der Waals surface area contributed by atoms with Gasteiger partial charge in [0, 0.05) is 5.56 Å². The number of hydrogen-bond donors (Lipinski definition) is 3. The second kappa shape index (κ2) is 3.97. The minimum Gasteiger partial charge on any atom is -0.504 e. The van der Waals surface area contributed by atoms with Gasteiger partial charge in [-0.25, -0.2) is 4.79 Å². The second-order valence-corrected chi connectivity index (χ2v) is 2.64. The largest absolute Gasteiger partial charge is 0.504 e. The van der Waals surface area contributed by atoms with E-state index in [0.29, 0.717) is 0 Å². The third-order valence-electron chi connectivity index (χ3n) is 1.76. The fourth-order valence-electron chi connectivity index (χ4n) is 1.11. The van der Waals surface area contributed by atoms with Gasteiger partial charge in [-0.05, 0) is 6.07 Å². The highest BCUT2D eigenvalue weighted by Crippen LogP contribution is 2.33. The average molecular weight is 198 g/mol. The Morgan fingerprint density at radius 3 is 2.64 bits per heavy atom. The molecule has 76 valence electrons. The molecule has 3 N–H and O–H groups in total. The van der Waals surface area contributed by atoms with Crippen molar-refractivity contribution in [2.75, 3.05) is 7.11 Å². The van der Waals surface area contributed by atoms with Crippen LogP contribution in [0.25, 0.3) is 0 Å². The number of methoxy groups -OCH3 is 1. The van der Waals surface area contributed by atoms with Gasteiger partial charge in [-0.15, -0.1) is 0 Å². The quantitative estimate of drug-likeness (QED) is 0.659. The first-order valence-corrected chi connectivity index (χ1v) is 3.84. The van der Waals surface area contributed by atoms with Crippen LogP contribution in [0.4, 0.5) is 0 Å². The van der Waals surface area contributed by atoms with E-state index in [1.807, 2.05) is 0 Å². The van der Waals surface area contributed by atoms with Crippen LogP contribution in [0.5, 0.6) is 11.5 Å². The van der Waals surface area contributed by atoms with E-state index in [1.54, 1.807) is 0 Å². The van der Waals surface area contributed by atoms with Crippen LogP contribution < -0.4 is 4.74 Å². The van der Waals surface area contributed by atoms with Gasteiger partial charge in [-0.2, -0.15) is 0 Å². The summed E-state index contributed by atoms with van der Waals surface area (Å²) in [6.07, 6.45) is -1.70. The first kappa shape index (κ1) is 10.3. The number of aliphatic hydroxyl groups is 1. The molecule has 0 spiro atoms. The molecule has 0 aliphatic heterocycles.